The lowest BCUT2D eigenvalue weighted by Crippen LogP contribution is -2.67. The van der Waals surface area contributed by atoms with Crippen LogP contribution >= 0.6 is 34.8 Å². The van der Waals surface area contributed by atoms with Crippen molar-refractivity contribution in [3.63, 3.8) is 0 Å². The molecule has 0 aliphatic heterocycles. The summed E-state index contributed by atoms with van der Waals surface area (Å²) in [7, 11) is -1.15. The van der Waals surface area contributed by atoms with Crippen LogP contribution in [0.3, 0.4) is 0 Å². The van der Waals surface area contributed by atoms with Gasteiger partial charge in [-0.15, -0.1) is 0 Å². The van der Waals surface area contributed by atoms with Gasteiger partial charge in [-0.2, -0.15) is 0 Å². The predicted molar refractivity (Wildman–Crippen MR) is 143 cm³/mol. The lowest BCUT2D eigenvalue weighted by molar-refractivity contribution is -0.0675. The lowest BCUT2D eigenvalue weighted by Gasteiger charge is -2.43. The third-order valence-electron chi connectivity index (χ3n) is 5.21. The number of benzene rings is 2. The Labute approximate surface area is 218 Å². The van der Waals surface area contributed by atoms with Crippen LogP contribution in [0.1, 0.15) is 20.8 Å². The fourth-order valence-corrected chi connectivity index (χ4v) is 8.44. The van der Waals surface area contributed by atoms with E-state index in [4.69, 9.17) is 58.8 Å². The maximum atomic E-state index is 7.64. The second-order valence-corrected chi connectivity index (χ2v) is 15.2. The van der Waals surface area contributed by atoms with Gasteiger partial charge in [-0.05, 0) is 21.5 Å². The Balaban J connectivity index is 2.31. The van der Waals surface area contributed by atoms with E-state index in [-0.39, 0.29) is 18.4 Å². The molecule has 1 N–H and O–H groups in total. The number of nitrogens with one attached hydrogen (secondary N) is 1. The number of ether oxygens (including phenoxy) is 3. The van der Waals surface area contributed by atoms with Crippen LogP contribution in [0.5, 0.6) is 0 Å². The van der Waals surface area contributed by atoms with Crippen LogP contribution in [0.15, 0.2) is 72.8 Å². The van der Waals surface area contributed by atoms with Crippen molar-refractivity contribution in [1.82, 2.24) is 0 Å². The van der Waals surface area contributed by atoms with Gasteiger partial charge in [0.15, 0.2) is 0 Å². The van der Waals surface area contributed by atoms with Crippen LogP contribution in [-0.4, -0.2) is 51.2 Å². The summed E-state index contributed by atoms with van der Waals surface area (Å²) in [6.07, 6.45) is 3.11. The van der Waals surface area contributed by atoms with E-state index >= 15 is 0 Å². The van der Waals surface area contributed by atoms with Gasteiger partial charge in [0, 0.05) is 7.11 Å². The number of hydrogen-bond acceptors (Lipinski definition) is 5. The SMILES string of the molecule is COCO[C@@H](/C=C/COC(=N)C(Cl)(Cl)Cl)CO[Si](c1ccccc1)(c1ccccc1)C(C)(C)C. The minimum absolute atomic E-state index is 0.0544. The first-order valence-corrected chi connectivity index (χ1v) is 13.9. The number of hydrogen-bond donors (Lipinski definition) is 1. The van der Waals surface area contributed by atoms with Gasteiger partial charge in [0.05, 0.1) is 6.61 Å². The zero-order chi connectivity index (χ0) is 25.2. The lowest BCUT2D eigenvalue weighted by atomic mass is 10.2. The zero-order valence-electron chi connectivity index (χ0n) is 19.9. The smallest absolute Gasteiger partial charge is 0.265 e. The van der Waals surface area contributed by atoms with E-state index in [9.17, 15) is 0 Å². The van der Waals surface area contributed by atoms with E-state index in [1.54, 1.807) is 13.2 Å². The largest absolute Gasteiger partial charge is 0.474 e. The highest BCUT2D eigenvalue weighted by atomic mass is 35.6. The van der Waals surface area contributed by atoms with Crippen molar-refractivity contribution in [2.75, 3.05) is 27.1 Å². The second-order valence-electron chi connectivity index (χ2n) is 8.65. The first-order valence-electron chi connectivity index (χ1n) is 10.8. The minimum Gasteiger partial charge on any atom is -0.474 e. The van der Waals surface area contributed by atoms with Gasteiger partial charge >= 0.3 is 0 Å². The first-order chi connectivity index (χ1) is 16.0. The van der Waals surface area contributed by atoms with Gasteiger partial charge < -0.3 is 18.6 Å². The van der Waals surface area contributed by atoms with Crippen molar-refractivity contribution in [1.29, 1.82) is 5.41 Å². The summed E-state index contributed by atoms with van der Waals surface area (Å²) in [5.41, 5.74) is 0. The summed E-state index contributed by atoms with van der Waals surface area (Å²) in [5.74, 6) is -0.444. The Morgan fingerprint density at radius 1 is 0.971 bits per heavy atom. The molecule has 0 saturated heterocycles. The van der Waals surface area contributed by atoms with Crippen LogP contribution in [0.25, 0.3) is 0 Å². The Bertz CT molecular complexity index is 876. The molecule has 0 fully saturated rings. The molecule has 0 radical (unpaired) electrons. The highest BCUT2D eigenvalue weighted by Gasteiger charge is 2.50. The minimum atomic E-state index is -2.71. The molecule has 0 bridgehead atoms. The van der Waals surface area contributed by atoms with Crippen molar-refractivity contribution in [3.8, 4) is 0 Å². The molecule has 0 amide bonds. The van der Waals surface area contributed by atoms with Crippen LogP contribution in [0.4, 0.5) is 0 Å². The number of methoxy groups -OCH3 is 1. The van der Waals surface area contributed by atoms with Crippen molar-refractivity contribution < 1.29 is 18.6 Å². The van der Waals surface area contributed by atoms with E-state index in [0.29, 0.717) is 6.61 Å². The Morgan fingerprint density at radius 2 is 1.50 bits per heavy atom. The number of alkyl halides is 3. The molecule has 34 heavy (non-hydrogen) atoms. The fraction of sp³-hybridized carbons (Fsp3) is 0.400. The molecule has 0 aromatic heterocycles. The third kappa shape index (κ3) is 7.82. The number of halogens is 3. The molecule has 2 rings (SSSR count). The Morgan fingerprint density at radius 3 is 1.94 bits per heavy atom. The van der Waals surface area contributed by atoms with Gasteiger partial charge in [-0.25, -0.2) is 0 Å². The summed E-state index contributed by atoms with van der Waals surface area (Å²) in [6.45, 7) is 7.11. The monoisotopic (exact) mass is 543 g/mol. The average molecular weight is 545 g/mol. The summed E-state index contributed by atoms with van der Waals surface area (Å²) in [6, 6.07) is 20.8. The van der Waals surface area contributed by atoms with Crippen molar-refractivity contribution >= 4 is 59.4 Å². The molecular formula is C25H32Cl3NO4Si. The van der Waals surface area contributed by atoms with Crippen molar-refractivity contribution in [3.05, 3.63) is 72.8 Å². The van der Waals surface area contributed by atoms with E-state index in [1.807, 2.05) is 42.5 Å². The van der Waals surface area contributed by atoms with E-state index in [1.165, 1.54) is 10.4 Å². The topological polar surface area (TPSA) is 60.8 Å². The molecule has 2 aromatic carbocycles. The Hall–Kier alpha value is -1.38. The second kappa shape index (κ2) is 13.1. The molecule has 186 valence electrons. The maximum Gasteiger partial charge on any atom is 0.265 e. The van der Waals surface area contributed by atoms with Gasteiger partial charge in [-0.1, -0.05) is 122 Å². The first kappa shape index (κ1) is 28.9. The van der Waals surface area contributed by atoms with Crippen molar-refractivity contribution in [2.24, 2.45) is 0 Å². The molecule has 0 spiro atoms. The summed E-state index contributed by atoms with van der Waals surface area (Å²) in [4.78, 5) is 0. The van der Waals surface area contributed by atoms with E-state index in [0.717, 1.165) is 0 Å². The van der Waals surface area contributed by atoms with Crippen LogP contribution in [0, 0.1) is 5.41 Å². The number of rotatable bonds is 11. The van der Waals surface area contributed by atoms with E-state index < -0.39 is 24.1 Å². The standard InChI is InChI=1S/C25H32Cl3NO4Si/c1-24(2,3)34(21-13-7-5-8-14-21,22-15-9-6-10-16-22)33-18-20(32-19-30-4)12-11-17-31-23(29)25(26,27)28/h5-16,20,29H,17-19H2,1-4H3/b12-11+,29-23?/t20-/m0/s1. The predicted octanol–water partition coefficient (Wildman–Crippen LogP) is 5.47. The molecule has 0 saturated carbocycles. The maximum absolute atomic E-state index is 7.64. The molecule has 1 atom stereocenters. The molecule has 0 aliphatic carbocycles. The normalized spacial score (nSPS) is 13.7. The summed E-state index contributed by atoms with van der Waals surface area (Å²) in [5, 5.41) is 9.84. The highest BCUT2D eigenvalue weighted by molar-refractivity contribution is 6.99. The average Bonchev–Trinajstić information content (AvgIpc) is 2.79. The molecule has 0 aliphatic rings. The van der Waals surface area contributed by atoms with Gasteiger partial charge in [0.25, 0.3) is 12.1 Å². The third-order valence-corrected chi connectivity index (χ3v) is 10.7. The highest BCUT2D eigenvalue weighted by Crippen LogP contribution is 2.37. The van der Waals surface area contributed by atoms with E-state index in [2.05, 4.69) is 45.0 Å². The van der Waals surface area contributed by atoms with Gasteiger partial charge in [0.1, 0.15) is 19.5 Å². The quantitative estimate of drug-likeness (QED) is 0.102. The summed E-state index contributed by atoms with van der Waals surface area (Å²) >= 11 is 17.0. The molecule has 2 aromatic rings. The van der Waals surface area contributed by atoms with Crippen LogP contribution in [-0.2, 0) is 18.6 Å². The summed E-state index contributed by atoms with van der Waals surface area (Å²) < 4.78 is 21.2. The van der Waals surface area contributed by atoms with Crippen LogP contribution in [0.2, 0.25) is 5.04 Å². The van der Waals surface area contributed by atoms with Crippen molar-refractivity contribution in [2.45, 2.75) is 35.7 Å². The zero-order valence-corrected chi connectivity index (χ0v) is 23.2. The molecule has 5 nitrogen and oxygen atoms in total. The Kier molecular flexibility index (Phi) is 11.1. The molecule has 0 heterocycles. The molecule has 0 unspecified atom stereocenters. The molecule has 9 heteroatoms. The molecular weight excluding hydrogens is 513 g/mol. The fourth-order valence-electron chi connectivity index (χ4n) is 3.70. The van der Waals surface area contributed by atoms with Gasteiger partial charge in [-0.3, -0.25) is 5.41 Å². The van der Waals surface area contributed by atoms with Crippen LogP contribution < -0.4 is 10.4 Å². The van der Waals surface area contributed by atoms with Gasteiger partial charge in [0.2, 0.25) is 5.90 Å².